The molecule has 0 bridgehead atoms. The van der Waals surface area contributed by atoms with E-state index in [0.29, 0.717) is 13.1 Å². The molecule has 2 aliphatic rings. The smallest absolute Gasteiger partial charge is 0.227 e. The zero-order valence-electron chi connectivity index (χ0n) is 16.5. The molecule has 29 heavy (non-hydrogen) atoms. The molecule has 2 amide bonds. The van der Waals surface area contributed by atoms with Gasteiger partial charge in [-0.15, -0.1) is 23.1 Å². The van der Waals surface area contributed by atoms with Gasteiger partial charge in [0.2, 0.25) is 11.8 Å². The molecule has 0 saturated carbocycles. The van der Waals surface area contributed by atoms with Crippen LogP contribution in [0.2, 0.25) is 0 Å². The number of nitrogens with zero attached hydrogens (tertiary/aromatic N) is 2. The molecule has 1 N–H and O–H groups in total. The fourth-order valence-corrected chi connectivity index (χ4v) is 5.88. The fraction of sp³-hybridized carbons (Fsp3) is 0.455. The molecule has 3 heterocycles. The molecule has 0 spiro atoms. The van der Waals surface area contributed by atoms with Crippen molar-refractivity contribution in [1.82, 2.24) is 10.2 Å². The van der Waals surface area contributed by atoms with Gasteiger partial charge in [-0.25, -0.2) is 0 Å². The number of hydrogen-bond acceptors (Lipinski definition) is 5. The van der Waals surface area contributed by atoms with Crippen LogP contribution >= 0.6 is 23.1 Å². The molecule has 1 fully saturated rings. The number of amides is 2. The molecule has 2 aromatic rings. The van der Waals surface area contributed by atoms with E-state index in [1.54, 1.807) is 23.1 Å². The number of benzene rings is 1. The van der Waals surface area contributed by atoms with Crippen molar-refractivity contribution < 1.29 is 9.59 Å². The van der Waals surface area contributed by atoms with Crippen LogP contribution in [0.1, 0.15) is 36.6 Å². The molecule has 0 aliphatic carbocycles. The summed E-state index contributed by atoms with van der Waals surface area (Å²) >= 11 is 3.52. The highest BCUT2D eigenvalue weighted by Crippen LogP contribution is 2.34. The zero-order valence-corrected chi connectivity index (χ0v) is 18.1. The Morgan fingerprint density at radius 1 is 1.03 bits per heavy atom. The topological polar surface area (TPSA) is 52.7 Å². The van der Waals surface area contributed by atoms with Crippen molar-refractivity contribution >= 4 is 40.6 Å². The van der Waals surface area contributed by atoms with Gasteiger partial charge in [-0.1, -0.05) is 18.2 Å². The Bertz CT molecular complexity index is 834. The summed E-state index contributed by atoms with van der Waals surface area (Å²) in [4.78, 5) is 31.9. The van der Waals surface area contributed by atoms with E-state index in [2.05, 4.69) is 33.8 Å². The average molecular weight is 430 g/mol. The van der Waals surface area contributed by atoms with Crippen LogP contribution in [0, 0.1) is 0 Å². The Balaban J connectivity index is 1.29. The van der Waals surface area contributed by atoms with E-state index in [4.69, 9.17) is 0 Å². The lowest BCUT2D eigenvalue weighted by atomic mass is 10.2. The Morgan fingerprint density at radius 2 is 1.86 bits per heavy atom. The number of thiophene rings is 1. The minimum absolute atomic E-state index is 0.0299. The molecule has 4 rings (SSSR count). The van der Waals surface area contributed by atoms with Gasteiger partial charge in [-0.2, -0.15) is 0 Å². The molecule has 2 aliphatic heterocycles. The number of para-hydroxylation sites is 1. The van der Waals surface area contributed by atoms with Crippen molar-refractivity contribution in [3.05, 3.63) is 46.7 Å². The van der Waals surface area contributed by atoms with Gasteiger partial charge >= 0.3 is 0 Å². The largest absolute Gasteiger partial charge is 0.354 e. The Kier molecular flexibility index (Phi) is 6.90. The normalized spacial score (nSPS) is 17.7. The maximum Gasteiger partial charge on any atom is 0.227 e. The Labute approximate surface area is 180 Å². The summed E-state index contributed by atoms with van der Waals surface area (Å²) in [6, 6.07) is 12.4. The van der Waals surface area contributed by atoms with Gasteiger partial charge in [-0.05, 0) is 49.5 Å². The number of rotatable bonds is 7. The van der Waals surface area contributed by atoms with Gasteiger partial charge in [0.05, 0.1) is 11.7 Å². The highest BCUT2D eigenvalue weighted by molar-refractivity contribution is 7.99. The van der Waals surface area contributed by atoms with Crippen LogP contribution in [0.4, 0.5) is 5.69 Å². The second-order valence-electron chi connectivity index (χ2n) is 7.44. The molecule has 1 aromatic carbocycles. The number of nitrogens with one attached hydrogen (secondary N) is 1. The summed E-state index contributed by atoms with van der Waals surface area (Å²) in [5.41, 5.74) is 0.973. The predicted octanol–water partition coefficient (Wildman–Crippen LogP) is 3.92. The van der Waals surface area contributed by atoms with E-state index < -0.39 is 0 Å². The molecule has 1 atom stereocenters. The van der Waals surface area contributed by atoms with Crippen LogP contribution in [0.5, 0.6) is 0 Å². The quantitative estimate of drug-likeness (QED) is 0.725. The highest BCUT2D eigenvalue weighted by atomic mass is 32.2. The lowest BCUT2D eigenvalue weighted by Gasteiger charge is -2.29. The van der Waals surface area contributed by atoms with Crippen LogP contribution < -0.4 is 10.2 Å². The highest BCUT2D eigenvalue weighted by Gasteiger charge is 2.26. The number of thioether (sulfide) groups is 1. The number of likely N-dealkylation sites (tertiary alicyclic amines) is 1. The number of hydrogen-bond donors (Lipinski definition) is 1. The van der Waals surface area contributed by atoms with Gasteiger partial charge in [0, 0.05) is 41.5 Å². The van der Waals surface area contributed by atoms with Crippen molar-refractivity contribution in [2.45, 2.75) is 36.6 Å². The summed E-state index contributed by atoms with van der Waals surface area (Å²) in [6.45, 7) is 3.49. The van der Waals surface area contributed by atoms with Crippen LogP contribution in [0.15, 0.2) is 46.7 Å². The van der Waals surface area contributed by atoms with Crippen molar-refractivity contribution in [2.75, 3.05) is 36.8 Å². The standard InChI is InChI=1S/C22H27N3O2S2/c26-21(23-16-18(20-8-5-14-28-20)24-11-3-4-12-24)9-10-22(27)25-13-15-29-19-7-2-1-6-17(19)25/h1-2,5-8,14,18H,3-4,9-13,15-16H2,(H,23,26). The zero-order chi connectivity index (χ0) is 20.1. The second kappa shape index (κ2) is 9.78. The van der Waals surface area contributed by atoms with Crippen molar-refractivity contribution in [3.8, 4) is 0 Å². The van der Waals surface area contributed by atoms with Crippen molar-refractivity contribution in [3.63, 3.8) is 0 Å². The van der Waals surface area contributed by atoms with Gasteiger partial charge in [0.25, 0.3) is 0 Å². The van der Waals surface area contributed by atoms with Gasteiger partial charge in [0.15, 0.2) is 0 Å². The van der Waals surface area contributed by atoms with Gasteiger partial charge < -0.3 is 10.2 Å². The van der Waals surface area contributed by atoms with Crippen LogP contribution in [-0.2, 0) is 9.59 Å². The minimum atomic E-state index is -0.0428. The second-order valence-corrected chi connectivity index (χ2v) is 9.56. The van der Waals surface area contributed by atoms with E-state index in [1.807, 2.05) is 23.1 Å². The van der Waals surface area contributed by atoms with Gasteiger partial charge in [-0.3, -0.25) is 14.5 Å². The Morgan fingerprint density at radius 3 is 2.66 bits per heavy atom. The average Bonchev–Trinajstić information content (AvgIpc) is 3.47. The molecule has 154 valence electrons. The number of carbonyl (C=O) groups is 2. The third kappa shape index (κ3) is 5.02. The molecule has 1 aromatic heterocycles. The fourth-order valence-electron chi connectivity index (χ4n) is 4.03. The number of carbonyl (C=O) groups excluding carboxylic acids is 2. The van der Waals surface area contributed by atoms with Crippen LogP contribution in [0.3, 0.4) is 0 Å². The van der Waals surface area contributed by atoms with Crippen LogP contribution in [-0.4, -0.2) is 48.6 Å². The van der Waals surface area contributed by atoms with E-state index in [-0.39, 0.29) is 30.7 Å². The first-order valence-corrected chi connectivity index (χ1v) is 12.2. The van der Waals surface area contributed by atoms with E-state index in [1.165, 1.54) is 17.7 Å². The maximum absolute atomic E-state index is 12.7. The molecule has 1 saturated heterocycles. The lowest BCUT2D eigenvalue weighted by molar-refractivity contribution is -0.125. The first kappa shape index (κ1) is 20.4. The number of anilines is 1. The molecule has 0 radical (unpaired) electrons. The summed E-state index contributed by atoms with van der Waals surface area (Å²) in [7, 11) is 0. The van der Waals surface area contributed by atoms with Crippen LogP contribution in [0.25, 0.3) is 0 Å². The maximum atomic E-state index is 12.7. The van der Waals surface area contributed by atoms with Crippen molar-refractivity contribution in [2.24, 2.45) is 0 Å². The SMILES string of the molecule is O=C(CCC(=O)N1CCSc2ccccc21)NCC(c1cccs1)N1CCCC1. The molecular weight excluding hydrogens is 402 g/mol. The summed E-state index contributed by atoms with van der Waals surface area (Å²) < 4.78 is 0. The third-order valence-electron chi connectivity index (χ3n) is 5.54. The summed E-state index contributed by atoms with van der Waals surface area (Å²) in [5, 5.41) is 5.17. The first-order chi connectivity index (χ1) is 14.2. The minimum Gasteiger partial charge on any atom is -0.354 e. The molecule has 7 heteroatoms. The molecule has 1 unspecified atom stereocenters. The predicted molar refractivity (Wildman–Crippen MR) is 120 cm³/mol. The lowest BCUT2D eigenvalue weighted by Crippen LogP contribution is -2.38. The summed E-state index contributed by atoms with van der Waals surface area (Å²) in [6.07, 6.45) is 2.93. The first-order valence-electron chi connectivity index (χ1n) is 10.3. The van der Waals surface area contributed by atoms with E-state index >= 15 is 0 Å². The third-order valence-corrected chi connectivity index (χ3v) is 7.56. The van der Waals surface area contributed by atoms with Gasteiger partial charge in [0.1, 0.15) is 0 Å². The van der Waals surface area contributed by atoms with Crippen molar-refractivity contribution in [1.29, 1.82) is 0 Å². The summed E-state index contributed by atoms with van der Waals surface area (Å²) in [5.74, 6) is 0.883. The number of fused-ring (bicyclic) bond motifs is 1. The molecule has 5 nitrogen and oxygen atoms in total. The van der Waals surface area contributed by atoms with E-state index in [0.717, 1.165) is 29.4 Å². The monoisotopic (exact) mass is 429 g/mol. The van der Waals surface area contributed by atoms with E-state index in [9.17, 15) is 9.59 Å². The molecular formula is C22H27N3O2S2. The Hall–Kier alpha value is -1.83.